The van der Waals surface area contributed by atoms with Crippen molar-refractivity contribution in [3.05, 3.63) is 82.7 Å². The Kier molecular flexibility index (Phi) is 5.24. The highest BCUT2D eigenvalue weighted by atomic mass is 16.5. The zero-order chi connectivity index (χ0) is 22.0. The minimum absolute atomic E-state index is 0.223. The van der Waals surface area contributed by atoms with Gasteiger partial charge in [-0.15, -0.1) is 0 Å². The summed E-state index contributed by atoms with van der Waals surface area (Å²) in [6.07, 6.45) is 6.26. The largest absolute Gasteiger partial charge is 0.497 e. The average molecular weight is 413 g/mol. The maximum atomic E-state index is 13.2. The maximum absolute atomic E-state index is 13.2. The van der Waals surface area contributed by atoms with Crippen molar-refractivity contribution in [2.45, 2.75) is 0 Å². The van der Waals surface area contributed by atoms with E-state index in [2.05, 4.69) is 16.2 Å². The van der Waals surface area contributed by atoms with Gasteiger partial charge >= 0.3 is 0 Å². The van der Waals surface area contributed by atoms with Crippen LogP contribution < -0.4 is 15.0 Å². The fraction of sp³-hybridized carbons (Fsp3) is 0.130. The first-order valence-electron chi connectivity index (χ1n) is 9.38. The number of methoxy groups -OCH3 is 2. The van der Waals surface area contributed by atoms with E-state index in [0.29, 0.717) is 39.2 Å². The molecule has 154 valence electrons. The molecule has 8 heteroatoms. The van der Waals surface area contributed by atoms with E-state index in [0.717, 1.165) is 5.56 Å². The molecule has 2 aromatic carbocycles. The summed E-state index contributed by atoms with van der Waals surface area (Å²) in [4.78, 5) is 17.6. The van der Waals surface area contributed by atoms with Crippen molar-refractivity contribution < 1.29 is 9.47 Å². The molecule has 4 aromatic rings. The second-order valence-corrected chi connectivity index (χ2v) is 6.81. The first-order chi connectivity index (χ1) is 15.0. The Morgan fingerprint density at radius 3 is 2.45 bits per heavy atom. The van der Waals surface area contributed by atoms with Gasteiger partial charge in [0, 0.05) is 25.4 Å². The van der Waals surface area contributed by atoms with Crippen molar-refractivity contribution in [3.8, 4) is 23.3 Å². The van der Waals surface area contributed by atoms with Crippen LogP contribution in [0.3, 0.4) is 0 Å². The summed E-state index contributed by atoms with van der Waals surface area (Å²) in [6, 6.07) is 12.8. The van der Waals surface area contributed by atoms with Crippen molar-refractivity contribution in [3.63, 3.8) is 0 Å². The first kappa shape index (κ1) is 19.9. The molecule has 0 spiro atoms. The summed E-state index contributed by atoms with van der Waals surface area (Å²) in [5, 5.41) is 13.9. The number of nitriles is 1. The Hall–Kier alpha value is -4.38. The second-order valence-electron chi connectivity index (χ2n) is 6.81. The summed E-state index contributed by atoms with van der Waals surface area (Å²) in [7, 11) is 4.91. The lowest BCUT2D eigenvalue weighted by molar-refractivity contribution is 0.394. The maximum Gasteiger partial charge on any atom is 0.265 e. The minimum Gasteiger partial charge on any atom is -0.497 e. The number of benzene rings is 2. The van der Waals surface area contributed by atoms with Crippen LogP contribution in [0.25, 0.3) is 22.2 Å². The lowest BCUT2D eigenvalue weighted by Gasteiger charge is -2.12. The monoisotopic (exact) mass is 413 g/mol. The molecule has 0 unspecified atom stereocenters. The lowest BCUT2D eigenvalue weighted by Crippen LogP contribution is -2.18. The van der Waals surface area contributed by atoms with Crippen LogP contribution in [0.4, 0.5) is 0 Å². The molecule has 2 heterocycles. The molecule has 0 fully saturated rings. The van der Waals surface area contributed by atoms with Gasteiger partial charge in [0.05, 0.1) is 43.1 Å². The van der Waals surface area contributed by atoms with Crippen LogP contribution in [0.2, 0.25) is 0 Å². The third-order valence-electron chi connectivity index (χ3n) is 4.91. The molecular formula is C23H19N5O3. The summed E-state index contributed by atoms with van der Waals surface area (Å²) in [5.41, 5.74) is 3.03. The molecule has 0 amide bonds. The van der Waals surface area contributed by atoms with Gasteiger partial charge in [-0.05, 0) is 41.0 Å². The molecule has 0 aliphatic carbocycles. The van der Waals surface area contributed by atoms with E-state index >= 15 is 0 Å². The Bertz CT molecular complexity index is 1390. The molecule has 0 saturated carbocycles. The third kappa shape index (κ3) is 3.76. The fourth-order valence-corrected chi connectivity index (χ4v) is 3.37. The van der Waals surface area contributed by atoms with Gasteiger partial charge in [-0.3, -0.25) is 14.0 Å². The standard InChI is InChI=1S/C23H19N5O3/c1-27-13-17(12-26-27)28-14-25-22-5-4-15(10-21(22)23(28)29)20(6-7-24)16-8-18(30-2)11-19(9-16)31-3/h4-6,8-14H,1-3H3/b20-6-. The Morgan fingerprint density at radius 1 is 1.10 bits per heavy atom. The molecular weight excluding hydrogens is 394 g/mol. The van der Waals surface area contributed by atoms with Crippen LogP contribution in [0.15, 0.2) is 66.0 Å². The quantitative estimate of drug-likeness (QED) is 0.467. The number of aryl methyl sites for hydroxylation is 1. The summed E-state index contributed by atoms with van der Waals surface area (Å²) < 4.78 is 13.8. The topological polar surface area (TPSA) is 95.0 Å². The number of rotatable bonds is 5. The van der Waals surface area contributed by atoms with Gasteiger partial charge in [-0.25, -0.2) is 4.98 Å². The summed E-state index contributed by atoms with van der Waals surface area (Å²) in [6.45, 7) is 0. The van der Waals surface area contributed by atoms with Gasteiger partial charge in [0.2, 0.25) is 0 Å². The normalized spacial score (nSPS) is 11.4. The molecule has 0 atom stereocenters. The fourth-order valence-electron chi connectivity index (χ4n) is 3.37. The van der Waals surface area contributed by atoms with Crippen molar-refractivity contribution in [2.24, 2.45) is 7.05 Å². The number of allylic oxidation sites excluding steroid dienone is 1. The molecule has 4 rings (SSSR count). The number of ether oxygens (including phenoxy) is 2. The van der Waals surface area contributed by atoms with E-state index in [-0.39, 0.29) is 5.56 Å². The van der Waals surface area contributed by atoms with Crippen LogP contribution in [-0.4, -0.2) is 33.6 Å². The Balaban J connectivity index is 1.90. The third-order valence-corrected chi connectivity index (χ3v) is 4.91. The Morgan fingerprint density at radius 2 is 1.84 bits per heavy atom. The number of hydrogen-bond donors (Lipinski definition) is 0. The Labute approximate surface area is 178 Å². The van der Waals surface area contributed by atoms with Gasteiger partial charge in [0.15, 0.2) is 0 Å². The summed E-state index contributed by atoms with van der Waals surface area (Å²) in [5.74, 6) is 1.19. The molecule has 31 heavy (non-hydrogen) atoms. The number of hydrogen-bond acceptors (Lipinski definition) is 6. The highest BCUT2D eigenvalue weighted by Crippen LogP contribution is 2.31. The van der Waals surface area contributed by atoms with Crippen molar-refractivity contribution >= 4 is 16.5 Å². The second kappa shape index (κ2) is 8.16. The minimum atomic E-state index is -0.223. The van der Waals surface area contributed by atoms with E-state index in [9.17, 15) is 10.1 Å². The molecule has 0 N–H and O–H groups in total. The number of fused-ring (bicyclic) bond motifs is 1. The van der Waals surface area contributed by atoms with Crippen molar-refractivity contribution in [1.29, 1.82) is 5.26 Å². The van der Waals surface area contributed by atoms with Gasteiger partial charge in [0.1, 0.15) is 17.8 Å². The molecule has 0 aliphatic heterocycles. The summed E-state index contributed by atoms with van der Waals surface area (Å²) >= 11 is 0. The zero-order valence-corrected chi connectivity index (χ0v) is 17.2. The van der Waals surface area contributed by atoms with Crippen LogP contribution in [0.5, 0.6) is 11.5 Å². The van der Waals surface area contributed by atoms with Crippen LogP contribution in [0, 0.1) is 11.3 Å². The van der Waals surface area contributed by atoms with E-state index in [4.69, 9.17) is 9.47 Å². The van der Waals surface area contributed by atoms with Gasteiger partial charge in [-0.1, -0.05) is 6.07 Å². The highest BCUT2D eigenvalue weighted by molar-refractivity contribution is 5.88. The molecule has 0 saturated heterocycles. The smallest absolute Gasteiger partial charge is 0.265 e. The SMILES string of the molecule is COc1cc(OC)cc(/C(=C\C#N)c2ccc3ncn(-c4cnn(C)c4)c(=O)c3c2)c1. The van der Waals surface area contributed by atoms with E-state index in [1.807, 2.05) is 18.2 Å². The van der Waals surface area contributed by atoms with Gasteiger partial charge in [-0.2, -0.15) is 10.4 Å². The molecule has 2 aromatic heterocycles. The zero-order valence-electron chi connectivity index (χ0n) is 17.2. The number of aromatic nitrogens is 4. The first-order valence-corrected chi connectivity index (χ1v) is 9.38. The van der Waals surface area contributed by atoms with Gasteiger partial charge < -0.3 is 9.47 Å². The predicted octanol–water partition coefficient (Wildman–Crippen LogP) is 3.09. The van der Waals surface area contributed by atoms with E-state index in [1.54, 1.807) is 56.5 Å². The van der Waals surface area contributed by atoms with Crippen molar-refractivity contribution in [2.75, 3.05) is 14.2 Å². The number of nitrogens with zero attached hydrogens (tertiary/aromatic N) is 5. The predicted molar refractivity (Wildman–Crippen MR) is 116 cm³/mol. The molecule has 0 radical (unpaired) electrons. The van der Waals surface area contributed by atoms with Crippen LogP contribution >= 0.6 is 0 Å². The van der Waals surface area contributed by atoms with E-state index in [1.165, 1.54) is 17.0 Å². The molecule has 0 bridgehead atoms. The van der Waals surface area contributed by atoms with Crippen LogP contribution in [0.1, 0.15) is 11.1 Å². The van der Waals surface area contributed by atoms with Crippen molar-refractivity contribution in [1.82, 2.24) is 19.3 Å². The van der Waals surface area contributed by atoms with Crippen LogP contribution in [-0.2, 0) is 7.05 Å². The molecule has 8 nitrogen and oxygen atoms in total. The average Bonchev–Trinajstić information content (AvgIpc) is 3.23. The van der Waals surface area contributed by atoms with Gasteiger partial charge in [0.25, 0.3) is 5.56 Å². The lowest BCUT2D eigenvalue weighted by atomic mass is 9.96. The van der Waals surface area contributed by atoms with E-state index < -0.39 is 0 Å². The molecule has 0 aliphatic rings. The highest BCUT2D eigenvalue weighted by Gasteiger charge is 2.13.